The molecule has 1 aromatic carbocycles. The Bertz CT molecular complexity index is 554. The minimum atomic E-state index is -0.456. The summed E-state index contributed by atoms with van der Waals surface area (Å²) >= 11 is 0. The number of carbonyl (C=O) groups is 2. The smallest absolute Gasteiger partial charge is 0.339 e. The van der Waals surface area contributed by atoms with Gasteiger partial charge in [0.05, 0.1) is 18.4 Å². The van der Waals surface area contributed by atoms with E-state index in [1.165, 1.54) is 7.11 Å². The first-order valence-electron chi connectivity index (χ1n) is 8.04. The zero-order valence-corrected chi connectivity index (χ0v) is 14.0. The summed E-state index contributed by atoms with van der Waals surface area (Å²) < 4.78 is 4.75. The van der Waals surface area contributed by atoms with Crippen LogP contribution in [0.1, 0.15) is 30.6 Å². The Morgan fingerprint density at radius 1 is 1.22 bits per heavy atom. The number of nitrogens with one attached hydrogen (secondary N) is 1. The number of methoxy groups -OCH3 is 1. The molecule has 0 bridgehead atoms. The third kappa shape index (κ3) is 4.22. The van der Waals surface area contributed by atoms with E-state index in [2.05, 4.69) is 24.1 Å². The molecule has 1 atom stereocenters. The standard InChI is InChI=1S/C17H25N3O3/c1-4-13(2)19-9-11-20(12-10-19)17(22)18-15-8-6-5-7-14(15)16(21)23-3/h5-8,13H,4,9-12H2,1-3H3,(H,18,22). The Hall–Kier alpha value is -2.08. The van der Waals surface area contributed by atoms with Crippen LogP contribution in [0.4, 0.5) is 10.5 Å². The van der Waals surface area contributed by atoms with Crippen molar-refractivity contribution in [2.75, 3.05) is 38.6 Å². The van der Waals surface area contributed by atoms with Crippen LogP contribution in [0.3, 0.4) is 0 Å². The number of carbonyl (C=O) groups excluding carboxylic acids is 2. The van der Waals surface area contributed by atoms with Crippen molar-refractivity contribution in [3.05, 3.63) is 29.8 Å². The van der Waals surface area contributed by atoms with Crippen LogP contribution >= 0.6 is 0 Å². The number of amides is 2. The van der Waals surface area contributed by atoms with Gasteiger partial charge in [-0.25, -0.2) is 9.59 Å². The van der Waals surface area contributed by atoms with E-state index in [1.54, 1.807) is 29.2 Å². The predicted octanol–water partition coefficient (Wildman–Crippen LogP) is 2.42. The highest BCUT2D eigenvalue weighted by Gasteiger charge is 2.24. The molecule has 126 valence electrons. The van der Waals surface area contributed by atoms with Crippen molar-refractivity contribution in [1.82, 2.24) is 9.80 Å². The summed E-state index contributed by atoms with van der Waals surface area (Å²) in [7, 11) is 1.33. The predicted molar refractivity (Wildman–Crippen MR) is 89.7 cm³/mol. The molecule has 0 aromatic heterocycles. The summed E-state index contributed by atoms with van der Waals surface area (Å²) in [6, 6.07) is 7.24. The van der Waals surface area contributed by atoms with Crippen molar-refractivity contribution < 1.29 is 14.3 Å². The fraction of sp³-hybridized carbons (Fsp3) is 0.529. The van der Waals surface area contributed by atoms with Crippen molar-refractivity contribution in [3.63, 3.8) is 0 Å². The molecule has 1 saturated heterocycles. The highest BCUT2D eigenvalue weighted by molar-refractivity contribution is 6.00. The molecule has 0 spiro atoms. The highest BCUT2D eigenvalue weighted by atomic mass is 16.5. The highest BCUT2D eigenvalue weighted by Crippen LogP contribution is 2.17. The van der Waals surface area contributed by atoms with Gasteiger partial charge >= 0.3 is 12.0 Å². The average Bonchev–Trinajstić information content (AvgIpc) is 2.61. The lowest BCUT2D eigenvalue weighted by molar-refractivity contribution is 0.0602. The van der Waals surface area contributed by atoms with Gasteiger partial charge in [0.15, 0.2) is 0 Å². The third-order valence-electron chi connectivity index (χ3n) is 4.39. The number of hydrogen-bond acceptors (Lipinski definition) is 4. The number of nitrogens with zero attached hydrogens (tertiary/aromatic N) is 2. The van der Waals surface area contributed by atoms with Crippen LogP contribution in [0.15, 0.2) is 24.3 Å². The number of rotatable bonds is 4. The van der Waals surface area contributed by atoms with E-state index in [-0.39, 0.29) is 6.03 Å². The van der Waals surface area contributed by atoms with E-state index in [0.29, 0.717) is 30.4 Å². The molecule has 1 aliphatic rings. The van der Waals surface area contributed by atoms with Gasteiger partial charge in [0, 0.05) is 32.2 Å². The van der Waals surface area contributed by atoms with E-state index >= 15 is 0 Å². The van der Waals surface area contributed by atoms with Crippen LogP contribution in [0.25, 0.3) is 0 Å². The first kappa shape index (κ1) is 17.3. The van der Waals surface area contributed by atoms with E-state index < -0.39 is 5.97 Å². The van der Waals surface area contributed by atoms with Crippen LogP contribution in [0, 0.1) is 0 Å². The summed E-state index contributed by atoms with van der Waals surface area (Å²) in [5, 5.41) is 2.82. The van der Waals surface area contributed by atoms with Gasteiger partial charge in [0.25, 0.3) is 0 Å². The van der Waals surface area contributed by atoms with E-state index in [9.17, 15) is 9.59 Å². The minimum absolute atomic E-state index is 0.176. The Morgan fingerprint density at radius 2 is 1.87 bits per heavy atom. The Balaban J connectivity index is 1.97. The number of hydrogen-bond donors (Lipinski definition) is 1. The first-order chi connectivity index (χ1) is 11.1. The normalized spacial score (nSPS) is 16.7. The van der Waals surface area contributed by atoms with Crippen molar-refractivity contribution in [1.29, 1.82) is 0 Å². The maximum Gasteiger partial charge on any atom is 0.339 e. The zero-order chi connectivity index (χ0) is 16.8. The number of para-hydroxylation sites is 1. The Morgan fingerprint density at radius 3 is 2.48 bits per heavy atom. The summed E-state index contributed by atoms with van der Waals surface area (Å²) in [4.78, 5) is 28.3. The number of benzene rings is 1. The van der Waals surface area contributed by atoms with Crippen molar-refractivity contribution >= 4 is 17.7 Å². The van der Waals surface area contributed by atoms with Crippen LogP contribution in [-0.2, 0) is 4.74 Å². The number of anilines is 1. The van der Waals surface area contributed by atoms with Crippen molar-refractivity contribution in [2.45, 2.75) is 26.3 Å². The summed E-state index contributed by atoms with van der Waals surface area (Å²) in [5.41, 5.74) is 0.843. The SMILES string of the molecule is CCC(C)N1CCN(C(=O)Nc2ccccc2C(=O)OC)CC1. The molecule has 23 heavy (non-hydrogen) atoms. The van der Waals surface area contributed by atoms with Crippen LogP contribution in [-0.4, -0.2) is 61.1 Å². The van der Waals surface area contributed by atoms with Gasteiger partial charge < -0.3 is 15.0 Å². The monoisotopic (exact) mass is 319 g/mol. The average molecular weight is 319 g/mol. The number of esters is 1. The van der Waals surface area contributed by atoms with Crippen LogP contribution in [0.5, 0.6) is 0 Å². The summed E-state index contributed by atoms with van der Waals surface area (Å²) in [6.45, 7) is 7.52. The quantitative estimate of drug-likeness (QED) is 0.866. The fourth-order valence-electron chi connectivity index (χ4n) is 2.70. The fourth-order valence-corrected chi connectivity index (χ4v) is 2.70. The second kappa shape index (κ2) is 7.97. The molecule has 1 aliphatic heterocycles. The maximum absolute atomic E-state index is 12.4. The Labute approximate surface area is 137 Å². The van der Waals surface area contributed by atoms with Crippen molar-refractivity contribution in [2.24, 2.45) is 0 Å². The largest absolute Gasteiger partial charge is 0.465 e. The number of piperazine rings is 1. The molecular weight excluding hydrogens is 294 g/mol. The molecule has 1 N–H and O–H groups in total. The third-order valence-corrected chi connectivity index (χ3v) is 4.39. The van der Waals surface area contributed by atoms with E-state index in [0.717, 1.165) is 19.5 Å². The number of ether oxygens (including phenoxy) is 1. The van der Waals surface area contributed by atoms with Gasteiger partial charge in [0.1, 0.15) is 0 Å². The van der Waals surface area contributed by atoms with Crippen molar-refractivity contribution in [3.8, 4) is 0 Å². The maximum atomic E-state index is 12.4. The number of urea groups is 1. The molecule has 0 saturated carbocycles. The summed E-state index contributed by atoms with van der Waals surface area (Å²) in [5.74, 6) is -0.456. The molecule has 6 heteroatoms. The van der Waals surface area contributed by atoms with Gasteiger partial charge in [-0.05, 0) is 25.5 Å². The minimum Gasteiger partial charge on any atom is -0.465 e. The lowest BCUT2D eigenvalue weighted by Gasteiger charge is -2.37. The second-order valence-corrected chi connectivity index (χ2v) is 5.75. The van der Waals surface area contributed by atoms with Crippen LogP contribution in [0.2, 0.25) is 0 Å². The first-order valence-corrected chi connectivity index (χ1v) is 8.04. The molecule has 1 heterocycles. The summed E-state index contributed by atoms with van der Waals surface area (Å²) in [6.07, 6.45) is 1.11. The molecule has 1 aromatic rings. The topological polar surface area (TPSA) is 61.9 Å². The molecule has 0 radical (unpaired) electrons. The lowest BCUT2D eigenvalue weighted by atomic mass is 10.1. The van der Waals surface area contributed by atoms with E-state index in [1.807, 2.05) is 0 Å². The lowest BCUT2D eigenvalue weighted by Crippen LogP contribution is -2.52. The zero-order valence-electron chi connectivity index (χ0n) is 14.0. The van der Waals surface area contributed by atoms with Crippen LogP contribution < -0.4 is 5.32 Å². The van der Waals surface area contributed by atoms with Gasteiger partial charge in [-0.15, -0.1) is 0 Å². The van der Waals surface area contributed by atoms with Gasteiger partial charge in [-0.2, -0.15) is 0 Å². The van der Waals surface area contributed by atoms with Gasteiger partial charge in [-0.3, -0.25) is 4.90 Å². The molecule has 2 amide bonds. The molecule has 0 aliphatic carbocycles. The molecule has 6 nitrogen and oxygen atoms in total. The molecule has 1 fully saturated rings. The molecule has 2 rings (SSSR count). The van der Waals surface area contributed by atoms with Gasteiger partial charge in [-0.1, -0.05) is 19.1 Å². The second-order valence-electron chi connectivity index (χ2n) is 5.75. The van der Waals surface area contributed by atoms with E-state index in [4.69, 9.17) is 4.74 Å². The van der Waals surface area contributed by atoms with Gasteiger partial charge in [0.2, 0.25) is 0 Å². The molecular formula is C17H25N3O3. The Kier molecular flexibility index (Phi) is 5.98. The molecule has 1 unspecified atom stereocenters.